The fraction of sp³-hybridized carbons (Fsp3) is 0.667. The molecule has 1 saturated carbocycles. The van der Waals surface area contributed by atoms with Crippen LogP contribution in [0.15, 0.2) is 12.4 Å². The number of alkyl halides is 3. The van der Waals surface area contributed by atoms with E-state index in [0.717, 1.165) is 6.07 Å². The highest BCUT2D eigenvalue weighted by molar-refractivity contribution is 5.49. The van der Waals surface area contributed by atoms with Gasteiger partial charge in [-0.3, -0.25) is 0 Å². The Morgan fingerprint density at radius 3 is 2.54 bits per heavy atom. The van der Waals surface area contributed by atoms with Gasteiger partial charge in [-0.15, -0.1) is 0 Å². The predicted octanol–water partition coefficient (Wildman–Crippen LogP) is 2.78. The van der Waals surface area contributed by atoms with Crippen LogP contribution in [0.5, 0.6) is 0 Å². The monoisotopic (exact) mass is 343 g/mol. The lowest BCUT2D eigenvalue weighted by Gasteiger charge is -2.61. The third-order valence-corrected chi connectivity index (χ3v) is 5.58. The molecule has 6 nitrogen and oxygen atoms in total. The van der Waals surface area contributed by atoms with Gasteiger partial charge < -0.3 is 9.64 Å². The molecule has 132 valence electrons. The van der Waals surface area contributed by atoms with Crippen molar-refractivity contribution in [3.05, 3.63) is 18.1 Å². The van der Waals surface area contributed by atoms with Crippen molar-refractivity contribution in [2.45, 2.75) is 45.0 Å². The topological polar surface area (TPSA) is 55.5 Å². The molecule has 0 amide bonds. The van der Waals surface area contributed by atoms with Gasteiger partial charge in [0.05, 0.1) is 5.60 Å². The first-order valence-corrected chi connectivity index (χ1v) is 7.57. The molecular weight excluding hydrogens is 323 g/mol. The van der Waals surface area contributed by atoms with Gasteiger partial charge in [-0.25, -0.2) is 4.98 Å². The summed E-state index contributed by atoms with van der Waals surface area (Å²) in [5, 5.41) is 4.01. The number of rotatable bonds is 3. The van der Waals surface area contributed by atoms with Gasteiger partial charge in [-0.05, 0) is 13.3 Å². The number of hydrogen-bond donors (Lipinski definition) is 0. The fourth-order valence-electron chi connectivity index (χ4n) is 3.43. The summed E-state index contributed by atoms with van der Waals surface area (Å²) in [5.74, 6) is 0.236. The smallest absolute Gasteiger partial charge is 0.378 e. The first-order chi connectivity index (χ1) is 11.0. The number of aromatic nitrogens is 4. The van der Waals surface area contributed by atoms with Crippen LogP contribution in [0.25, 0.3) is 5.78 Å². The van der Waals surface area contributed by atoms with Crippen LogP contribution < -0.4 is 4.90 Å². The Balaban J connectivity index is 2.05. The summed E-state index contributed by atoms with van der Waals surface area (Å²) >= 11 is 0. The lowest BCUT2D eigenvalue weighted by atomic mass is 9.55. The van der Waals surface area contributed by atoms with Gasteiger partial charge in [0.2, 0.25) is 0 Å². The third kappa shape index (κ3) is 2.25. The van der Waals surface area contributed by atoms with Crippen molar-refractivity contribution in [1.29, 1.82) is 0 Å². The highest BCUT2D eigenvalue weighted by Gasteiger charge is 2.59. The van der Waals surface area contributed by atoms with Crippen molar-refractivity contribution < 1.29 is 17.9 Å². The Bertz CT molecular complexity index is 772. The minimum absolute atomic E-state index is 0.00154. The molecule has 0 saturated heterocycles. The van der Waals surface area contributed by atoms with Crippen molar-refractivity contribution in [3.8, 4) is 0 Å². The average Bonchev–Trinajstić information content (AvgIpc) is 2.98. The summed E-state index contributed by atoms with van der Waals surface area (Å²) in [5.41, 5.74) is -1.55. The summed E-state index contributed by atoms with van der Waals surface area (Å²) in [4.78, 5) is 9.16. The van der Waals surface area contributed by atoms with E-state index >= 15 is 0 Å². The van der Waals surface area contributed by atoms with Crippen molar-refractivity contribution >= 4 is 11.6 Å². The van der Waals surface area contributed by atoms with Crippen LogP contribution in [0.3, 0.4) is 0 Å². The van der Waals surface area contributed by atoms with Crippen LogP contribution in [0, 0.1) is 5.41 Å². The molecule has 1 aliphatic rings. The number of methoxy groups -OCH3 is 1. The van der Waals surface area contributed by atoms with Crippen LogP contribution in [-0.4, -0.2) is 45.4 Å². The van der Waals surface area contributed by atoms with Crippen molar-refractivity contribution in [2.75, 3.05) is 19.1 Å². The summed E-state index contributed by atoms with van der Waals surface area (Å²) in [6, 6.07) is 1.01. The average molecular weight is 343 g/mol. The van der Waals surface area contributed by atoms with Crippen LogP contribution in [-0.2, 0) is 10.9 Å². The van der Waals surface area contributed by atoms with Gasteiger partial charge in [-0.2, -0.15) is 27.8 Å². The summed E-state index contributed by atoms with van der Waals surface area (Å²) in [6.45, 7) is 6.10. The molecule has 0 radical (unpaired) electrons. The molecule has 2 unspecified atom stereocenters. The first kappa shape index (κ1) is 16.9. The minimum atomic E-state index is -4.54. The molecular formula is C15H20F3N5O. The maximum atomic E-state index is 13.1. The number of ether oxygens (including phenoxy) is 1. The SMILES string of the molecule is COC1(C)CC(N(C)c2cc(C(F)(F)F)nc3ncnn23)C1(C)C. The van der Waals surface area contributed by atoms with E-state index in [1.54, 1.807) is 19.1 Å². The second-order valence-electron chi connectivity index (χ2n) is 6.96. The zero-order valence-corrected chi connectivity index (χ0v) is 14.2. The van der Waals surface area contributed by atoms with Crippen LogP contribution in [0.4, 0.5) is 19.0 Å². The van der Waals surface area contributed by atoms with Crippen LogP contribution >= 0.6 is 0 Å². The normalized spacial score (nSPS) is 26.4. The standard InChI is InChI=1S/C15H20F3N5O/c1-13(2)10(7-14(13,3)24-5)22(4)11-6-9(15(16,17)18)21-12-19-8-20-23(11)12/h6,8,10H,7H2,1-5H3. The zero-order valence-electron chi connectivity index (χ0n) is 14.2. The van der Waals surface area contributed by atoms with E-state index in [2.05, 4.69) is 15.1 Å². The molecule has 0 N–H and O–H groups in total. The molecule has 0 bridgehead atoms. The second-order valence-corrected chi connectivity index (χ2v) is 6.96. The fourth-order valence-corrected chi connectivity index (χ4v) is 3.43. The Morgan fingerprint density at radius 2 is 2.00 bits per heavy atom. The van der Waals surface area contributed by atoms with E-state index in [-0.39, 0.29) is 22.8 Å². The van der Waals surface area contributed by atoms with E-state index in [4.69, 9.17) is 4.74 Å². The maximum absolute atomic E-state index is 13.1. The quantitative estimate of drug-likeness (QED) is 0.858. The summed E-state index contributed by atoms with van der Waals surface area (Å²) < 4.78 is 46.3. The minimum Gasteiger partial charge on any atom is -0.378 e. The van der Waals surface area contributed by atoms with Gasteiger partial charge in [-0.1, -0.05) is 13.8 Å². The van der Waals surface area contributed by atoms with Crippen LogP contribution in [0.1, 0.15) is 32.9 Å². The van der Waals surface area contributed by atoms with Gasteiger partial charge in [0.1, 0.15) is 12.1 Å². The van der Waals surface area contributed by atoms with E-state index in [0.29, 0.717) is 12.2 Å². The third-order valence-electron chi connectivity index (χ3n) is 5.58. The molecule has 1 fully saturated rings. The Labute approximate surface area is 137 Å². The molecule has 0 aliphatic heterocycles. The van der Waals surface area contributed by atoms with Gasteiger partial charge in [0.15, 0.2) is 5.69 Å². The molecule has 9 heteroatoms. The van der Waals surface area contributed by atoms with Gasteiger partial charge in [0.25, 0.3) is 5.78 Å². The highest BCUT2D eigenvalue weighted by atomic mass is 19.4. The molecule has 2 aromatic heterocycles. The van der Waals surface area contributed by atoms with Gasteiger partial charge in [0, 0.05) is 31.7 Å². The Hall–Kier alpha value is -1.90. The Morgan fingerprint density at radius 1 is 1.33 bits per heavy atom. The lowest BCUT2D eigenvalue weighted by Crippen LogP contribution is -2.68. The number of fused-ring (bicyclic) bond motifs is 1. The van der Waals surface area contributed by atoms with Crippen LogP contribution in [0.2, 0.25) is 0 Å². The van der Waals surface area contributed by atoms with E-state index in [1.165, 1.54) is 10.8 Å². The molecule has 0 spiro atoms. The molecule has 2 heterocycles. The highest BCUT2D eigenvalue weighted by Crippen LogP contribution is 2.54. The van der Waals surface area contributed by atoms with Crippen molar-refractivity contribution in [2.24, 2.45) is 5.41 Å². The number of halogens is 3. The molecule has 2 atom stereocenters. The summed E-state index contributed by atoms with van der Waals surface area (Å²) in [6.07, 6.45) is -2.64. The Kier molecular flexibility index (Phi) is 3.56. The molecule has 0 aromatic carbocycles. The number of hydrogen-bond acceptors (Lipinski definition) is 5. The van der Waals surface area contributed by atoms with E-state index in [9.17, 15) is 13.2 Å². The predicted molar refractivity (Wildman–Crippen MR) is 81.8 cm³/mol. The maximum Gasteiger partial charge on any atom is 0.433 e. The number of nitrogens with zero attached hydrogens (tertiary/aromatic N) is 5. The largest absolute Gasteiger partial charge is 0.433 e. The van der Waals surface area contributed by atoms with E-state index in [1.807, 2.05) is 20.8 Å². The molecule has 2 aromatic rings. The molecule has 24 heavy (non-hydrogen) atoms. The van der Waals surface area contributed by atoms with Crippen molar-refractivity contribution in [1.82, 2.24) is 19.6 Å². The van der Waals surface area contributed by atoms with E-state index < -0.39 is 11.9 Å². The van der Waals surface area contributed by atoms with Gasteiger partial charge >= 0.3 is 6.18 Å². The first-order valence-electron chi connectivity index (χ1n) is 7.57. The second kappa shape index (κ2) is 5.05. The molecule has 3 rings (SSSR count). The molecule has 1 aliphatic carbocycles. The zero-order chi connectivity index (χ0) is 17.9. The summed E-state index contributed by atoms with van der Waals surface area (Å²) in [7, 11) is 3.42. The van der Waals surface area contributed by atoms with Crippen molar-refractivity contribution in [3.63, 3.8) is 0 Å². The lowest BCUT2D eigenvalue weighted by molar-refractivity contribution is -0.172. The number of anilines is 1.